The maximum atomic E-state index is 12.4. The summed E-state index contributed by atoms with van der Waals surface area (Å²) < 4.78 is 5.22. The Morgan fingerprint density at radius 1 is 1.47 bits per heavy atom. The van der Waals surface area contributed by atoms with E-state index in [4.69, 9.17) is 4.74 Å². The number of ether oxygens (including phenoxy) is 1. The van der Waals surface area contributed by atoms with E-state index < -0.39 is 4.92 Å². The number of nitro groups is 1. The van der Waals surface area contributed by atoms with E-state index in [-0.39, 0.29) is 17.5 Å². The van der Waals surface area contributed by atoms with Crippen molar-refractivity contribution in [3.05, 3.63) is 33.9 Å². The molecule has 2 aliphatic heterocycles. The Morgan fingerprint density at radius 3 is 3.00 bits per heavy atom. The predicted octanol–water partition coefficient (Wildman–Crippen LogP) is 1.52. The van der Waals surface area contributed by atoms with Gasteiger partial charge in [0.2, 0.25) is 5.91 Å². The molecule has 1 atom stereocenters. The van der Waals surface area contributed by atoms with Gasteiger partial charge in [-0.15, -0.1) is 0 Å². The van der Waals surface area contributed by atoms with Crippen LogP contribution in [0.1, 0.15) is 12.0 Å². The number of para-hydroxylation sites is 1. The Labute approximate surface area is 110 Å². The number of nitro benzene ring substituents is 1. The number of hydrogen-bond acceptors (Lipinski definition) is 4. The van der Waals surface area contributed by atoms with Gasteiger partial charge < -0.3 is 9.64 Å². The molecule has 1 aromatic rings. The number of carbonyl (C=O) groups excluding carboxylic acids is 1. The molecule has 3 rings (SSSR count). The number of fused-ring (bicyclic) bond motifs is 1. The molecule has 2 heterocycles. The largest absolute Gasteiger partial charge is 0.381 e. The molecule has 0 aromatic heterocycles. The highest BCUT2D eigenvalue weighted by molar-refractivity contribution is 5.99. The van der Waals surface area contributed by atoms with Crippen LogP contribution in [0.3, 0.4) is 0 Å². The van der Waals surface area contributed by atoms with E-state index in [1.54, 1.807) is 11.0 Å². The first kappa shape index (κ1) is 12.1. The van der Waals surface area contributed by atoms with E-state index in [9.17, 15) is 14.9 Å². The van der Waals surface area contributed by atoms with Crippen LogP contribution in [0.5, 0.6) is 0 Å². The van der Waals surface area contributed by atoms with E-state index in [0.717, 1.165) is 5.56 Å². The fraction of sp³-hybridized carbons (Fsp3) is 0.462. The first-order valence-corrected chi connectivity index (χ1v) is 6.34. The Hall–Kier alpha value is -1.95. The molecule has 0 bridgehead atoms. The molecule has 1 unspecified atom stereocenters. The number of amides is 1. The summed E-state index contributed by atoms with van der Waals surface area (Å²) in [5.41, 5.74) is 1.37. The molecule has 6 heteroatoms. The maximum absolute atomic E-state index is 12.4. The van der Waals surface area contributed by atoms with Crippen LogP contribution in [0.4, 0.5) is 11.4 Å². The molecule has 0 radical (unpaired) electrons. The van der Waals surface area contributed by atoms with Crippen LogP contribution in [0.15, 0.2) is 18.2 Å². The Balaban J connectivity index is 1.96. The molecule has 0 saturated carbocycles. The lowest BCUT2D eigenvalue weighted by molar-refractivity contribution is -0.384. The van der Waals surface area contributed by atoms with Crippen molar-refractivity contribution in [2.75, 3.05) is 24.7 Å². The van der Waals surface area contributed by atoms with Gasteiger partial charge in [0.15, 0.2) is 0 Å². The van der Waals surface area contributed by atoms with E-state index in [1.807, 2.05) is 6.07 Å². The van der Waals surface area contributed by atoms with Gasteiger partial charge in [-0.1, -0.05) is 12.1 Å². The number of nitrogens with zero attached hydrogens (tertiary/aromatic N) is 2. The highest BCUT2D eigenvalue weighted by atomic mass is 16.6. The minimum Gasteiger partial charge on any atom is -0.381 e. The molecule has 0 N–H and O–H groups in total. The fourth-order valence-electron chi connectivity index (χ4n) is 2.75. The molecule has 1 aromatic carbocycles. The van der Waals surface area contributed by atoms with Crippen molar-refractivity contribution in [2.24, 2.45) is 5.92 Å². The zero-order valence-corrected chi connectivity index (χ0v) is 10.4. The molecule has 100 valence electrons. The third-order valence-corrected chi connectivity index (χ3v) is 3.71. The molecule has 6 nitrogen and oxygen atoms in total. The third-order valence-electron chi connectivity index (χ3n) is 3.71. The monoisotopic (exact) mass is 262 g/mol. The van der Waals surface area contributed by atoms with Gasteiger partial charge in [-0.25, -0.2) is 0 Å². The molecule has 1 saturated heterocycles. The predicted molar refractivity (Wildman–Crippen MR) is 68.1 cm³/mol. The van der Waals surface area contributed by atoms with Crippen molar-refractivity contribution in [1.29, 1.82) is 0 Å². The number of benzene rings is 1. The number of anilines is 1. The van der Waals surface area contributed by atoms with Crippen LogP contribution in [0, 0.1) is 16.0 Å². The van der Waals surface area contributed by atoms with Crippen molar-refractivity contribution in [1.82, 2.24) is 0 Å². The molecule has 0 aliphatic carbocycles. The van der Waals surface area contributed by atoms with Gasteiger partial charge in [0.25, 0.3) is 5.69 Å². The highest BCUT2D eigenvalue weighted by Crippen LogP contribution is 2.38. The van der Waals surface area contributed by atoms with E-state index in [0.29, 0.717) is 38.3 Å². The zero-order valence-electron chi connectivity index (χ0n) is 10.4. The van der Waals surface area contributed by atoms with Crippen molar-refractivity contribution in [3.8, 4) is 0 Å². The van der Waals surface area contributed by atoms with Gasteiger partial charge in [-0.2, -0.15) is 0 Å². The summed E-state index contributed by atoms with van der Waals surface area (Å²) in [6.07, 6.45) is 1.38. The van der Waals surface area contributed by atoms with Gasteiger partial charge >= 0.3 is 0 Å². The first-order chi connectivity index (χ1) is 9.18. The Bertz CT molecular complexity index is 537. The summed E-state index contributed by atoms with van der Waals surface area (Å²) in [5, 5.41) is 11.1. The quantitative estimate of drug-likeness (QED) is 0.598. The van der Waals surface area contributed by atoms with Crippen LogP contribution in [0.25, 0.3) is 0 Å². The van der Waals surface area contributed by atoms with Crippen molar-refractivity contribution < 1.29 is 14.5 Å². The fourth-order valence-corrected chi connectivity index (χ4v) is 2.75. The normalized spacial score (nSPS) is 21.5. The summed E-state index contributed by atoms with van der Waals surface area (Å²) >= 11 is 0. The van der Waals surface area contributed by atoms with Gasteiger partial charge in [0.1, 0.15) is 5.69 Å². The number of rotatable bonds is 2. The van der Waals surface area contributed by atoms with Crippen molar-refractivity contribution in [2.45, 2.75) is 12.8 Å². The average molecular weight is 262 g/mol. The lowest BCUT2D eigenvalue weighted by Gasteiger charge is -2.20. The summed E-state index contributed by atoms with van der Waals surface area (Å²) in [4.78, 5) is 24.6. The van der Waals surface area contributed by atoms with Crippen molar-refractivity contribution in [3.63, 3.8) is 0 Å². The molecule has 0 spiro atoms. The second-order valence-corrected chi connectivity index (χ2v) is 4.84. The zero-order chi connectivity index (χ0) is 13.4. The smallest absolute Gasteiger partial charge is 0.293 e. The lowest BCUT2D eigenvalue weighted by atomic mass is 10.1. The second kappa shape index (κ2) is 4.62. The highest BCUT2D eigenvalue weighted by Gasteiger charge is 2.36. The third kappa shape index (κ3) is 1.98. The molecule has 19 heavy (non-hydrogen) atoms. The van der Waals surface area contributed by atoms with Crippen LogP contribution in [0.2, 0.25) is 0 Å². The SMILES string of the molecule is O=C(C1CCOC1)N1CCc2cccc([N+](=O)[O-])c21. The van der Waals surface area contributed by atoms with Crippen LogP contribution in [-0.2, 0) is 16.0 Å². The minimum absolute atomic E-state index is 0.0160. The summed E-state index contributed by atoms with van der Waals surface area (Å²) in [6.45, 7) is 1.54. The molecule has 1 fully saturated rings. The minimum atomic E-state index is -0.421. The number of carbonyl (C=O) groups is 1. The Morgan fingerprint density at radius 2 is 2.32 bits per heavy atom. The lowest BCUT2D eigenvalue weighted by Crippen LogP contribution is -2.35. The summed E-state index contributed by atoms with van der Waals surface area (Å²) in [7, 11) is 0. The van der Waals surface area contributed by atoms with Crippen LogP contribution < -0.4 is 4.90 Å². The second-order valence-electron chi connectivity index (χ2n) is 4.84. The van der Waals surface area contributed by atoms with Crippen LogP contribution >= 0.6 is 0 Å². The Kier molecular flexibility index (Phi) is 2.94. The number of hydrogen-bond donors (Lipinski definition) is 0. The average Bonchev–Trinajstić information content (AvgIpc) is 3.06. The van der Waals surface area contributed by atoms with Crippen molar-refractivity contribution >= 4 is 17.3 Å². The van der Waals surface area contributed by atoms with Crippen LogP contribution in [-0.4, -0.2) is 30.6 Å². The topological polar surface area (TPSA) is 72.7 Å². The van der Waals surface area contributed by atoms with E-state index >= 15 is 0 Å². The van der Waals surface area contributed by atoms with Gasteiger partial charge in [0, 0.05) is 19.2 Å². The maximum Gasteiger partial charge on any atom is 0.293 e. The van der Waals surface area contributed by atoms with E-state index in [1.165, 1.54) is 6.07 Å². The molecule has 1 amide bonds. The molecule has 2 aliphatic rings. The van der Waals surface area contributed by atoms with Gasteiger partial charge in [-0.05, 0) is 18.4 Å². The standard InChI is InChI=1S/C13H14N2O4/c16-13(10-5-7-19-8-10)14-6-4-9-2-1-3-11(12(9)14)15(17)18/h1-3,10H,4-8H2. The summed E-state index contributed by atoms with van der Waals surface area (Å²) in [5.74, 6) is -0.212. The molecular formula is C13H14N2O4. The van der Waals surface area contributed by atoms with E-state index in [2.05, 4.69) is 0 Å². The first-order valence-electron chi connectivity index (χ1n) is 6.34. The van der Waals surface area contributed by atoms with Gasteiger partial charge in [-0.3, -0.25) is 14.9 Å². The van der Waals surface area contributed by atoms with Gasteiger partial charge in [0.05, 0.1) is 17.4 Å². The summed E-state index contributed by atoms with van der Waals surface area (Å²) in [6, 6.07) is 4.97. The molecular weight excluding hydrogens is 248 g/mol.